The molecule has 1 atom stereocenters. The topological polar surface area (TPSA) is 48.2 Å². The molecule has 2 fully saturated rings. The van der Waals surface area contributed by atoms with Crippen molar-refractivity contribution >= 4 is 0 Å². The van der Waals surface area contributed by atoms with Crippen LogP contribution in [0.2, 0.25) is 0 Å². The van der Waals surface area contributed by atoms with E-state index in [1.807, 2.05) is 12.1 Å². The van der Waals surface area contributed by atoms with Crippen molar-refractivity contribution in [3.8, 4) is 0 Å². The summed E-state index contributed by atoms with van der Waals surface area (Å²) in [5.74, 6) is 1.16. The lowest BCUT2D eigenvalue weighted by molar-refractivity contribution is 0.190. The molecule has 1 aliphatic heterocycles. The fourth-order valence-electron chi connectivity index (χ4n) is 2.89. The molecule has 104 valence electrons. The lowest BCUT2D eigenvalue weighted by Crippen LogP contribution is -2.11. The Morgan fingerprint density at radius 1 is 1.20 bits per heavy atom. The number of halogens is 1. The minimum atomic E-state index is -0.407. The molecule has 0 radical (unpaired) electrons. The van der Waals surface area contributed by atoms with Gasteiger partial charge in [-0.15, -0.1) is 10.2 Å². The van der Waals surface area contributed by atoms with E-state index in [0.29, 0.717) is 24.0 Å². The van der Waals surface area contributed by atoms with Crippen LogP contribution in [0.25, 0.3) is 0 Å². The minimum Gasteiger partial charge on any atom is -0.424 e. The highest BCUT2D eigenvalue weighted by atomic mass is 19.1. The van der Waals surface area contributed by atoms with Crippen LogP contribution in [0.4, 0.5) is 4.39 Å². The minimum absolute atomic E-state index is 0.188. The Morgan fingerprint density at radius 2 is 2.05 bits per heavy atom. The molecule has 1 aromatic carbocycles. The summed E-state index contributed by atoms with van der Waals surface area (Å²) < 4.78 is 25.2. The second-order valence-corrected chi connectivity index (χ2v) is 5.57. The van der Waals surface area contributed by atoms with E-state index in [2.05, 4.69) is 10.2 Å². The maximum absolute atomic E-state index is 14.0. The van der Waals surface area contributed by atoms with Crippen LogP contribution < -0.4 is 0 Å². The van der Waals surface area contributed by atoms with Crippen LogP contribution in [0.5, 0.6) is 0 Å². The van der Waals surface area contributed by atoms with Gasteiger partial charge in [0, 0.05) is 12.2 Å². The number of aromatic nitrogens is 2. The SMILES string of the molecule is Fc1ccccc1C1(c2nnc(C3CCOC3)o2)CC1. The van der Waals surface area contributed by atoms with Gasteiger partial charge in [-0.2, -0.15) is 0 Å². The Balaban J connectivity index is 1.69. The van der Waals surface area contributed by atoms with Gasteiger partial charge in [0.25, 0.3) is 0 Å². The summed E-state index contributed by atoms with van der Waals surface area (Å²) in [4.78, 5) is 0. The molecule has 1 aliphatic carbocycles. The number of nitrogens with zero attached hydrogens (tertiary/aromatic N) is 2. The van der Waals surface area contributed by atoms with E-state index in [1.165, 1.54) is 6.07 Å². The summed E-state index contributed by atoms with van der Waals surface area (Å²) >= 11 is 0. The van der Waals surface area contributed by atoms with Crippen molar-refractivity contribution in [3.05, 3.63) is 47.4 Å². The molecule has 1 saturated carbocycles. The zero-order valence-corrected chi connectivity index (χ0v) is 11.0. The second kappa shape index (κ2) is 4.38. The zero-order chi connectivity index (χ0) is 13.6. The van der Waals surface area contributed by atoms with Gasteiger partial charge in [-0.1, -0.05) is 18.2 Å². The molecule has 0 bridgehead atoms. The smallest absolute Gasteiger partial charge is 0.227 e. The summed E-state index contributed by atoms with van der Waals surface area (Å²) in [6.07, 6.45) is 2.63. The Hall–Kier alpha value is -1.75. The average molecular weight is 274 g/mol. The van der Waals surface area contributed by atoms with Gasteiger partial charge >= 0.3 is 0 Å². The van der Waals surface area contributed by atoms with Gasteiger partial charge in [0.1, 0.15) is 5.82 Å². The molecule has 20 heavy (non-hydrogen) atoms. The summed E-state index contributed by atoms with van der Waals surface area (Å²) in [5.41, 5.74) is 0.258. The van der Waals surface area contributed by atoms with Crippen molar-refractivity contribution in [2.24, 2.45) is 0 Å². The third kappa shape index (κ3) is 1.77. The van der Waals surface area contributed by atoms with Gasteiger partial charge in [0.2, 0.25) is 11.8 Å². The van der Waals surface area contributed by atoms with Crippen LogP contribution in [0.3, 0.4) is 0 Å². The van der Waals surface area contributed by atoms with Gasteiger partial charge in [-0.05, 0) is 25.3 Å². The van der Waals surface area contributed by atoms with E-state index >= 15 is 0 Å². The summed E-state index contributed by atoms with van der Waals surface area (Å²) in [7, 11) is 0. The van der Waals surface area contributed by atoms with E-state index in [9.17, 15) is 4.39 Å². The molecular weight excluding hydrogens is 259 g/mol. The van der Waals surface area contributed by atoms with Gasteiger partial charge in [0.05, 0.1) is 17.9 Å². The molecule has 1 saturated heterocycles. The molecule has 0 spiro atoms. The molecule has 5 heteroatoms. The maximum atomic E-state index is 14.0. The molecular formula is C15H15FN2O2. The number of ether oxygens (including phenoxy) is 1. The fourth-order valence-corrected chi connectivity index (χ4v) is 2.89. The van der Waals surface area contributed by atoms with Gasteiger partial charge in [-0.3, -0.25) is 0 Å². The van der Waals surface area contributed by atoms with Crippen molar-refractivity contribution in [2.45, 2.75) is 30.6 Å². The molecule has 1 aromatic heterocycles. The van der Waals surface area contributed by atoms with Crippen LogP contribution in [0, 0.1) is 5.82 Å². The van der Waals surface area contributed by atoms with Gasteiger partial charge in [-0.25, -0.2) is 4.39 Å². The summed E-state index contributed by atoms with van der Waals surface area (Å²) in [6.45, 7) is 1.37. The van der Waals surface area contributed by atoms with Crippen LogP contribution in [-0.4, -0.2) is 23.4 Å². The Morgan fingerprint density at radius 3 is 2.75 bits per heavy atom. The van der Waals surface area contributed by atoms with Crippen LogP contribution in [0.1, 0.15) is 42.5 Å². The molecule has 1 unspecified atom stereocenters. The van der Waals surface area contributed by atoms with E-state index in [0.717, 1.165) is 25.9 Å². The first-order chi connectivity index (χ1) is 9.79. The summed E-state index contributed by atoms with van der Waals surface area (Å²) in [6, 6.07) is 6.84. The highest BCUT2D eigenvalue weighted by molar-refractivity contribution is 5.39. The lowest BCUT2D eigenvalue weighted by atomic mass is 9.95. The third-order valence-electron chi connectivity index (χ3n) is 4.27. The van der Waals surface area contributed by atoms with Crippen molar-refractivity contribution in [1.82, 2.24) is 10.2 Å². The van der Waals surface area contributed by atoms with E-state index in [4.69, 9.17) is 9.15 Å². The Kier molecular flexibility index (Phi) is 2.63. The van der Waals surface area contributed by atoms with Crippen molar-refractivity contribution < 1.29 is 13.5 Å². The van der Waals surface area contributed by atoms with E-state index in [-0.39, 0.29) is 11.7 Å². The van der Waals surface area contributed by atoms with Crippen LogP contribution in [0.15, 0.2) is 28.7 Å². The van der Waals surface area contributed by atoms with Crippen molar-refractivity contribution in [3.63, 3.8) is 0 Å². The predicted molar refractivity (Wildman–Crippen MR) is 68.9 cm³/mol. The highest BCUT2D eigenvalue weighted by Crippen LogP contribution is 2.53. The predicted octanol–water partition coefficient (Wildman–Crippen LogP) is 2.79. The molecule has 4 nitrogen and oxygen atoms in total. The largest absolute Gasteiger partial charge is 0.424 e. The molecule has 0 N–H and O–H groups in total. The van der Waals surface area contributed by atoms with Gasteiger partial charge in [0.15, 0.2) is 0 Å². The second-order valence-electron chi connectivity index (χ2n) is 5.57. The quantitative estimate of drug-likeness (QED) is 0.863. The summed E-state index contributed by atoms with van der Waals surface area (Å²) in [5, 5.41) is 8.31. The van der Waals surface area contributed by atoms with Crippen LogP contribution >= 0.6 is 0 Å². The molecule has 2 aliphatic rings. The normalized spacial score (nSPS) is 23.9. The first-order valence-electron chi connectivity index (χ1n) is 6.96. The standard InChI is InChI=1S/C15H15FN2O2/c16-12-4-2-1-3-11(12)15(6-7-15)14-18-17-13(20-14)10-5-8-19-9-10/h1-4,10H,5-9H2. The number of hydrogen-bond acceptors (Lipinski definition) is 4. The highest BCUT2D eigenvalue weighted by Gasteiger charge is 2.52. The molecule has 2 aromatic rings. The maximum Gasteiger partial charge on any atom is 0.227 e. The average Bonchev–Trinajstić information content (AvgIpc) is 2.93. The monoisotopic (exact) mass is 274 g/mol. The van der Waals surface area contributed by atoms with Gasteiger partial charge < -0.3 is 9.15 Å². The number of rotatable bonds is 3. The molecule has 4 rings (SSSR count). The van der Waals surface area contributed by atoms with Crippen molar-refractivity contribution in [1.29, 1.82) is 0 Å². The first-order valence-corrected chi connectivity index (χ1v) is 6.96. The first kappa shape index (κ1) is 12.0. The fraction of sp³-hybridized carbons (Fsp3) is 0.467. The molecule has 2 heterocycles. The van der Waals surface area contributed by atoms with Crippen molar-refractivity contribution in [2.75, 3.05) is 13.2 Å². The Labute approximate surface area is 116 Å². The Bertz CT molecular complexity index is 630. The number of hydrogen-bond donors (Lipinski definition) is 0. The van der Waals surface area contributed by atoms with E-state index in [1.54, 1.807) is 6.07 Å². The lowest BCUT2D eigenvalue weighted by Gasteiger charge is -2.11. The number of benzene rings is 1. The third-order valence-corrected chi connectivity index (χ3v) is 4.27. The molecule has 0 amide bonds. The van der Waals surface area contributed by atoms with Crippen LogP contribution in [-0.2, 0) is 10.2 Å². The van der Waals surface area contributed by atoms with E-state index < -0.39 is 5.41 Å². The zero-order valence-electron chi connectivity index (χ0n) is 11.0.